The van der Waals surface area contributed by atoms with E-state index in [1.54, 1.807) is 48.5 Å². The number of fused-ring (bicyclic) bond motifs is 1. The van der Waals surface area contributed by atoms with Crippen LogP contribution >= 0.6 is 0 Å². The number of carboxylic acid groups (broad SMARTS) is 1. The van der Waals surface area contributed by atoms with Gasteiger partial charge in [-0.15, -0.1) is 0 Å². The third kappa shape index (κ3) is 3.51. The molecule has 3 rings (SSSR count). The number of aliphatic hydroxyl groups excluding tert-OH is 1. The summed E-state index contributed by atoms with van der Waals surface area (Å²) in [5, 5.41) is 23.8. The number of carboxylic acids is 1. The molecule has 0 spiro atoms. The van der Waals surface area contributed by atoms with Gasteiger partial charge in [-0.2, -0.15) is 0 Å². The second-order valence-corrected chi connectivity index (χ2v) is 5.67. The molecule has 5 heteroatoms. The van der Waals surface area contributed by atoms with Crippen molar-refractivity contribution in [1.82, 2.24) is 5.32 Å². The normalized spacial score (nSPS) is 13.2. The first-order valence-corrected chi connectivity index (χ1v) is 7.82. The van der Waals surface area contributed by atoms with E-state index in [0.29, 0.717) is 11.1 Å². The molecule has 25 heavy (non-hydrogen) atoms. The van der Waals surface area contributed by atoms with Gasteiger partial charge in [0.25, 0.3) is 5.91 Å². The van der Waals surface area contributed by atoms with E-state index in [1.807, 2.05) is 24.3 Å². The van der Waals surface area contributed by atoms with Crippen molar-refractivity contribution >= 4 is 22.6 Å². The van der Waals surface area contributed by atoms with Gasteiger partial charge in [0.05, 0.1) is 0 Å². The summed E-state index contributed by atoms with van der Waals surface area (Å²) in [4.78, 5) is 24.2. The predicted octanol–water partition coefficient (Wildman–Crippen LogP) is 2.76. The summed E-state index contributed by atoms with van der Waals surface area (Å²) >= 11 is 0. The number of benzene rings is 3. The number of carbonyl (C=O) groups is 2. The molecule has 0 saturated heterocycles. The van der Waals surface area contributed by atoms with Gasteiger partial charge in [0.15, 0.2) is 6.04 Å². The zero-order chi connectivity index (χ0) is 17.8. The quantitative estimate of drug-likeness (QED) is 0.669. The lowest BCUT2D eigenvalue weighted by molar-refractivity contribution is -0.142. The Bertz CT molecular complexity index is 902. The van der Waals surface area contributed by atoms with Crippen molar-refractivity contribution in [2.24, 2.45) is 0 Å². The van der Waals surface area contributed by atoms with Gasteiger partial charge < -0.3 is 15.5 Å². The third-order valence-corrected chi connectivity index (χ3v) is 4.04. The average molecular weight is 335 g/mol. The lowest BCUT2D eigenvalue weighted by Crippen LogP contribution is -2.45. The fourth-order valence-electron chi connectivity index (χ4n) is 2.76. The van der Waals surface area contributed by atoms with Crippen LogP contribution in [0.15, 0.2) is 72.8 Å². The number of hydrogen-bond donors (Lipinski definition) is 3. The Hall–Kier alpha value is -3.18. The number of aliphatic hydroxyl groups is 1. The van der Waals surface area contributed by atoms with E-state index >= 15 is 0 Å². The molecule has 2 atom stereocenters. The molecule has 3 N–H and O–H groups in total. The van der Waals surface area contributed by atoms with Crippen LogP contribution in [0.4, 0.5) is 0 Å². The minimum atomic E-state index is -1.45. The van der Waals surface area contributed by atoms with Gasteiger partial charge in [-0.05, 0) is 22.4 Å². The maximum absolute atomic E-state index is 12.6. The Labute approximate surface area is 144 Å². The Morgan fingerprint density at radius 2 is 1.48 bits per heavy atom. The highest BCUT2D eigenvalue weighted by molar-refractivity contribution is 6.07. The van der Waals surface area contributed by atoms with Gasteiger partial charge in [0.1, 0.15) is 6.10 Å². The van der Waals surface area contributed by atoms with Gasteiger partial charge in [0.2, 0.25) is 0 Å². The van der Waals surface area contributed by atoms with Gasteiger partial charge in [-0.3, -0.25) is 4.79 Å². The lowest BCUT2D eigenvalue weighted by atomic mass is 10.0. The summed E-state index contributed by atoms with van der Waals surface area (Å²) in [5.41, 5.74) is 0.790. The summed E-state index contributed by atoms with van der Waals surface area (Å²) in [7, 11) is 0. The lowest BCUT2D eigenvalue weighted by Gasteiger charge is -2.21. The predicted molar refractivity (Wildman–Crippen MR) is 94.2 cm³/mol. The molecular weight excluding hydrogens is 318 g/mol. The fourth-order valence-corrected chi connectivity index (χ4v) is 2.76. The third-order valence-electron chi connectivity index (χ3n) is 4.04. The van der Waals surface area contributed by atoms with E-state index in [1.165, 1.54) is 0 Å². The minimum absolute atomic E-state index is 0.365. The molecule has 0 fully saturated rings. The van der Waals surface area contributed by atoms with E-state index in [-0.39, 0.29) is 0 Å². The van der Waals surface area contributed by atoms with Crippen LogP contribution in [0.25, 0.3) is 10.8 Å². The van der Waals surface area contributed by atoms with Crippen LogP contribution in [0, 0.1) is 0 Å². The summed E-state index contributed by atoms with van der Waals surface area (Å²) in [6, 6.07) is 19.5. The minimum Gasteiger partial charge on any atom is -0.480 e. The number of rotatable bonds is 5. The van der Waals surface area contributed by atoms with Crippen LogP contribution in [0.3, 0.4) is 0 Å². The zero-order valence-electron chi connectivity index (χ0n) is 13.3. The average Bonchev–Trinajstić information content (AvgIpc) is 2.65. The van der Waals surface area contributed by atoms with Crippen molar-refractivity contribution in [2.45, 2.75) is 12.1 Å². The summed E-state index contributed by atoms with van der Waals surface area (Å²) in [5.74, 6) is -1.84. The van der Waals surface area contributed by atoms with Crippen molar-refractivity contribution < 1.29 is 19.8 Å². The van der Waals surface area contributed by atoms with Crippen LogP contribution in [0.5, 0.6) is 0 Å². The van der Waals surface area contributed by atoms with Crippen LogP contribution in [0.1, 0.15) is 22.0 Å². The van der Waals surface area contributed by atoms with Gasteiger partial charge in [0, 0.05) is 5.56 Å². The topological polar surface area (TPSA) is 86.6 Å². The van der Waals surface area contributed by atoms with Crippen LogP contribution < -0.4 is 5.32 Å². The van der Waals surface area contributed by atoms with Crippen molar-refractivity contribution in [3.05, 3.63) is 83.9 Å². The largest absolute Gasteiger partial charge is 0.480 e. The van der Waals surface area contributed by atoms with E-state index in [9.17, 15) is 19.8 Å². The smallest absolute Gasteiger partial charge is 0.329 e. The van der Waals surface area contributed by atoms with Crippen molar-refractivity contribution in [3.8, 4) is 0 Å². The zero-order valence-corrected chi connectivity index (χ0v) is 13.3. The molecule has 0 aromatic heterocycles. The van der Waals surface area contributed by atoms with Crippen LogP contribution in [-0.2, 0) is 4.79 Å². The molecule has 3 aromatic carbocycles. The van der Waals surface area contributed by atoms with Gasteiger partial charge in [-0.1, -0.05) is 66.7 Å². The molecule has 0 aliphatic heterocycles. The highest BCUT2D eigenvalue weighted by atomic mass is 16.4. The van der Waals surface area contributed by atoms with E-state index in [4.69, 9.17) is 0 Å². The number of carbonyl (C=O) groups excluding carboxylic acids is 1. The summed E-state index contributed by atoms with van der Waals surface area (Å²) in [6.07, 6.45) is -1.35. The Morgan fingerprint density at radius 3 is 2.20 bits per heavy atom. The Balaban J connectivity index is 1.90. The molecule has 0 bridgehead atoms. The molecule has 1 amide bonds. The highest BCUT2D eigenvalue weighted by Gasteiger charge is 2.30. The Kier molecular flexibility index (Phi) is 4.77. The van der Waals surface area contributed by atoms with E-state index < -0.39 is 24.0 Å². The van der Waals surface area contributed by atoms with E-state index in [0.717, 1.165) is 10.8 Å². The number of aliphatic carboxylic acids is 1. The molecule has 0 saturated carbocycles. The molecule has 3 aromatic rings. The first kappa shape index (κ1) is 16.7. The van der Waals surface area contributed by atoms with Gasteiger partial charge >= 0.3 is 5.97 Å². The molecule has 0 aliphatic carbocycles. The molecular formula is C20H17NO4. The molecule has 0 heterocycles. The van der Waals surface area contributed by atoms with E-state index in [2.05, 4.69) is 5.32 Å². The number of amides is 1. The van der Waals surface area contributed by atoms with Gasteiger partial charge in [-0.25, -0.2) is 4.79 Å². The van der Waals surface area contributed by atoms with Crippen LogP contribution in [0.2, 0.25) is 0 Å². The monoisotopic (exact) mass is 335 g/mol. The number of hydrogen-bond acceptors (Lipinski definition) is 3. The molecule has 126 valence electrons. The maximum Gasteiger partial charge on any atom is 0.329 e. The second-order valence-electron chi connectivity index (χ2n) is 5.67. The first-order valence-electron chi connectivity index (χ1n) is 7.82. The van der Waals surface area contributed by atoms with Crippen molar-refractivity contribution in [3.63, 3.8) is 0 Å². The van der Waals surface area contributed by atoms with Crippen LogP contribution in [-0.4, -0.2) is 28.1 Å². The summed E-state index contributed by atoms with van der Waals surface area (Å²) in [6.45, 7) is 0. The number of nitrogens with one attached hydrogen (secondary N) is 1. The maximum atomic E-state index is 12.6. The first-order chi connectivity index (χ1) is 12.1. The highest BCUT2D eigenvalue weighted by Crippen LogP contribution is 2.21. The molecule has 5 nitrogen and oxygen atoms in total. The molecule has 0 radical (unpaired) electrons. The standard InChI is InChI=1S/C20H17NO4/c22-18(14-8-2-1-3-9-14)17(20(24)25)21-19(23)16-12-6-10-13-7-4-5-11-15(13)16/h1-12,17-18,22H,(H,21,23)(H,24,25)/t17-,18?/m0/s1. The fraction of sp³-hybridized carbons (Fsp3) is 0.100. The van der Waals surface area contributed by atoms with Crippen molar-refractivity contribution in [1.29, 1.82) is 0 Å². The summed E-state index contributed by atoms with van der Waals surface area (Å²) < 4.78 is 0. The Morgan fingerprint density at radius 1 is 0.840 bits per heavy atom. The van der Waals surface area contributed by atoms with Crippen molar-refractivity contribution in [2.75, 3.05) is 0 Å². The molecule has 0 aliphatic rings. The second kappa shape index (κ2) is 7.15. The molecule has 1 unspecified atom stereocenters. The SMILES string of the molecule is O=C(N[C@H](C(=O)O)C(O)c1ccccc1)c1cccc2ccccc12.